The molecule has 1 aliphatic heterocycles. The van der Waals surface area contributed by atoms with E-state index < -0.39 is 5.79 Å². The van der Waals surface area contributed by atoms with Gasteiger partial charge >= 0.3 is 5.97 Å². The average molecular weight is 212 g/mol. The highest BCUT2D eigenvalue weighted by Crippen LogP contribution is 2.50. The normalized spacial score (nSPS) is 33.2. The highest BCUT2D eigenvalue weighted by molar-refractivity contribution is 5.81. The highest BCUT2D eigenvalue weighted by Gasteiger charge is 2.55. The number of hydrogen-bond donors (Lipinski definition) is 0. The third-order valence-corrected chi connectivity index (χ3v) is 3.14. The van der Waals surface area contributed by atoms with Gasteiger partial charge in [0.25, 0.3) is 0 Å². The topological polar surface area (TPSA) is 44.8 Å². The van der Waals surface area contributed by atoms with Gasteiger partial charge in [0.2, 0.25) is 0 Å². The van der Waals surface area contributed by atoms with Crippen LogP contribution in [-0.4, -0.2) is 32.1 Å². The van der Waals surface area contributed by atoms with Gasteiger partial charge in [-0.2, -0.15) is 0 Å². The molecular weight excluding hydrogens is 196 g/mol. The molecule has 84 valence electrons. The predicted octanol–water partition coefficient (Wildman–Crippen LogP) is 1.11. The maximum atomic E-state index is 11.0. The zero-order valence-electron chi connectivity index (χ0n) is 9.06. The van der Waals surface area contributed by atoms with Crippen molar-refractivity contribution in [1.82, 2.24) is 0 Å². The summed E-state index contributed by atoms with van der Waals surface area (Å²) in [6, 6.07) is 0. The lowest BCUT2D eigenvalue weighted by Crippen LogP contribution is -2.53. The van der Waals surface area contributed by atoms with Crippen molar-refractivity contribution in [2.24, 2.45) is 11.8 Å². The highest BCUT2D eigenvalue weighted by atomic mass is 16.7. The van der Waals surface area contributed by atoms with Gasteiger partial charge in [0.05, 0.1) is 20.3 Å². The van der Waals surface area contributed by atoms with Gasteiger partial charge in [-0.1, -0.05) is 13.0 Å². The van der Waals surface area contributed by atoms with Crippen molar-refractivity contribution in [2.45, 2.75) is 19.1 Å². The van der Waals surface area contributed by atoms with Crippen molar-refractivity contribution < 1.29 is 19.0 Å². The zero-order valence-corrected chi connectivity index (χ0v) is 9.06. The van der Waals surface area contributed by atoms with Crippen LogP contribution >= 0.6 is 0 Å². The predicted molar refractivity (Wildman–Crippen MR) is 53.1 cm³/mol. The van der Waals surface area contributed by atoms with E-state index in [2.05, 4.69) is 11.7 Å². The van der Waals surface area contributed by atoms with Crippen molar-refractivity contribution in [3.8, 4) is 0 Å². The van der Waals surface area contributed by atoms with Gasteiger partial charge in [0.15, 0.2) is 5.79 Å². The Labute approximate surface area is 89.2 Å². The molecule has 0 aromatic rings. The number of hydrogen-bond acceptors (Lipinski definition) is 4. The molecule has 0 amide bonds. The van der Waals surface area contributed by atoms with Crippen LogP contribution in [-0.2, 0) is 19.0 Å². The molecule has 0 bridgehead atoms. The lowest BCUT2D eigenvalue weighted by molar-refractivity contribution is -0.258. The Balaban J connectivity index is 2.00. The van der Waals surface area contributed by atoms with Crippen LogP contribution < -0.4 is 0 Å². The van der Waals surface area contributed by atoms with Crippen molar-refractivity contribution in [3.05, 3.63) is 12.2 Å². The lowest BCUT2D eigenvalue weighted by Gasteiger charge is -2.48. The molecule has 1 aliphatic carbocycles. The summed E-state index contributed by atoms with van der Waals surface area (Å²) in [6.45, 7) is 3.42. The molecule has 1 heterocycles. The summed E-state index contributed by atoms with van der Waals surface area (Å²) >= 11 is 0. The molecule has 0 radical (unpaired) electrons. The Morgan fingerprint density at radius 3 is 2.67 bits per heavy atom. The first-order chi connectivity index (χ1) is 7.18. The molecule has 0 aromatic heterocycles. The third kappa shape index (κ3) is 1.79. The van der Waals surface area contributed by atoms with Gasteiger partial charge < -0.3 is 14.2 Å². The molecule has 15 heavy (non-hydrogen) atoms. The summed E-state index contributed by atoms with van der Waals surface area (Å²) in [5.74, 6) is -0.130. The van der Waals surface area contributed by atoms with E-state index >= 15 is 0 Å². The molecule has 2 fully saturated rings. The van der Waals surface area contributed by atoms with Gasteiger partial charge in [0.1, 0.15) is 0 Å². The second-order valence-corrected chi connectivity index (χ2v) is 4.10. The first kappa shape index (κ1) is 10.6. The Kier molecular flexibility index (Phi) is 2.80. The van der Waals surface area contributed by atoms with Gasteiger partial charge in [-0.25, -0.2) is 4.79 Å². The molecule has 2 rings (SSSR count). The Hall–Kier alpha value is -0.870. The van der Waals surface area contributed by atoms with E-state index in [-0.39, 0.29) is 11.9 Å². The van der Waals surface area contributed by atoms with Crippen molar-refractivity contribution in [1.29, 1.82) is 0 Å². The zero-order chi connectivity index (χ0) is 10.9. The van der Waals surface area contributed by atoms with E-state index in [1.165, 1.54) is 13.2 Å². The van der Waals surface area contributed by atoms with Gasteiger partial charge in [-0.05, 0) is 5.92 Å². The van der Waals surface area contributed by atoms with E-state index in [0.29, 0.717) is 19.1 Å². The van der Waals surface area contributed by atoms with Crippen LogP contribution in [0.4, 0.5) is 0 Å². The van der Waals surface area contributed by atoms with Crippen LogP contribution in [0.5, 0.6) is 0 Å². The van der Waals surface area contributed by atoms with Crippen LogP contribution in [0.15, 0.2) is 12.2 Å². The smallest absolute Gasteiger partial charge is 0.330 e. The molecule has 0 aromatic carbocycles. The number of carbonyl (C=O) groups excluding carboxylic acids is 1. The standard InChI is InChI=1S/C11H16O4/c1-8-7-11(14-5-6-15-11)9(8)3-4-10(12)13-2/h3-4,8-9H,5-7H2,1-2H3/b4-3-/t8-,9+/m1/s1. The van der Waals surface area contributed by atoms with Crippen LogP contribution in [0.2, 0.25) is 0 Å². The quantitative estimate of drug-likeness (QED) is 0.508. The Morgan fingerprint density at radius 2 is 2.13 bits per heavy atom. The van der Waals surface area contributed by atoms with Gasteiger partial charge in [-0.3, -0.25) is 0 Å². The largest absolute Gasteiger partial charge is 0.466 e. The fraction of sp³-hybridized carbons (Fsp3) is 0.727. The molecule has 2 aliphatic rings. The number of esters is 1. The van der Waals surface area contributed by atoms with E-state index in [0.717, 1.165) is 6.42 Å². The minimum absolute atomic E-state index is 0.166. The second-order valence-electron chi connectivity index (χ2n) is 4.10. The first-order valence-electron chi connectivity index (χ1n) is 5.22. The van der Waals surface area contributed by atoms with Crippen molar-refractivity contribution in [2.75, 3.05) is 20.3 Å². The monoisotopic (exact) mass is 212 g/mol. The van der Waals surface area contributed by atoms with Crippen LogP contribution in [0, 0.1) is 11.8 Å². The summed E-state index contributed by atoms with van der Waals surface area (Å²) in [5.41, 5.74) is 0. The fourth-order valence-electron chi connectivity index (χ4n) is 2.35. The van der Waals surface area contributed by atoms with E-state index in [9.17, 15) is 4.79 Å². The van der Waals surface area contributed by atoms with Gasteiger partial charge in [-0.15, -0.1) is 0 Å². The summed E-state index contributed by atoms with van der Waals surface area (Å²) in [5, 5.41) is 0. The van der Waals surface area contributed by atoms with Crippen LogP contribution in [0.25, 0.3) is 0 Å². The minimum Gasteiger partial charge on any atom is -0.466 e. The molecule has 4 nitrogen and oxygen atoms in total. The molecular formula is C11H16O4. The Bertz CT molecular complexity index is 278. The summed E-state index contributed by atoms with van der Waals surface area (Å²) in [4.78, 5) is 11.0. The Morgan fingerprint density at radius 1 is 1.47 bits per heavy atom. The molecule has 4 heteroatoms. The summed E-state index contributed by atoms with van der Waals surface area (Å²) in [6.07, 6.45) is 4.20. The first-order valence-corrected chi connectivity index (χ1v) is 5.22. The number of ether oxygens (including phenoxy) is 3. The molecule has 0 unspecified atom stereocenters. The molecule has 1 saturated heterocycles. The maximum absolute atomic E-state index is 11.0. The van der Waals surface area contributed by atoms with E-state index in [4.69, 9.17) is 9.47 Å². The second kappa shape index (κ2) is 3.94. The van der Waals surface area contributed by atoms with Gasteiger partial charge in [0, 0.05) is 18.4 Å². The number of rotatable bonds is 2. The third-order valence-electron chi connectivity index (χ3n) is 3.14. The number of methoxy groups -OCH3 is 1. The summed E-state index contributed by atoms with van der Waals surface area (Å²) in [7, 11) is 1.37. The van der Waals surface area contributed by atoms with Crippen molar-refractivity contribution >= 4 is 5.97 Å². The molecule has 0 N–H and O–H groups in total. The summed E-state index contributed by atoms with van der Waals surface area (Å²) < 4.78 is 15.7. The lowest BCUT2D eigenvalue weighted by atomic mass is 9.68. The average Bonchev–Trinajstić information content (AvgIpc) is 2.68. The van der Waals surface area contributed by atoms with E-state index in [1.807, 2.05) is 6.08 Å². The number of carbonyl (C=O) groups is 1. The van der Waals surface area contributed by atoms with Crippen LogP contribution in [0.3, 0.4) is 0 Å². The van der Waals surface area contributed by atoms with Crippen LogP contribution in [0.1, 0.15) is 13.3 Å². The fourth-order valence-corrected chi connectivity index (χ4v) is 2.35. The molecule has 1 saturated carbocycles. The van der Waals surface area contributed by atoms with Crippen molar-refractivity contribution in [3.63, 3.8) is 0 Å². The minimum atomic E-state index is -0.454. The molecule has 1 spiro atoms. The van der Waals surface area contributed by atoms with E-state index in [1.54, 1.807) is 0 Å². The SMILES string of the molecule is COC(=O)/C=C\[C@H]1[C@H](C)CC12OCCO2. The molecule has 2 atom stereocenters. The maximum Gasteiger partial charge on any atom is 0.330 e.